The number of fused-ring (bicyclic) bond motifs is 1. The summed E-state index contributed by atoms with van der Waals surface area (Å²) in [5.41, 5.74) is 6.33. The fourth-order valence-corrected chi connectivity index (χ4v) is 1.74. The molecular weight excluding hydrogens is 202 g/mol. The Morgan fingerprint density at radius 2 is 1.75 bits per heavy atom. The number of rotatable bonds is 3. The van der Waals surface area contributed by atoms with Gasteiger partial charge in [0.25, 0.3) is 0 Å². The molecule has 0 saturated carbocycles. The lowest BCUT2D eigenvalue weighted by molar-refractivity contribution is 0.109. The number of benzene rings is 2. The summed E-state index contributed by atoms with van der Waals surface area (Å²) in [5, 5.41) is 20.9. The summed E-state index contributed by atoms with van der Waals surface area (Å²) in [6, 6.07) is 13.0. The van der Waals surface area contributed by atoms with E-state index in [-0.39, 0.29) is 6.61 Å². The molecule has 2 aromatic rings. The van der Waals surface area contributed by atoms with E-state index in [1.165, 1.54) is 0 Å². The minimum atomic E-state index is -0.824. The predicted octanol–water partition coefficient (Wildman–Crippen LogP) is 1.19. The molecular formula is C13H15NO2. The largest absolute Gasteiger partial charge is 0.395 e. The summed E-state index contributed by atoms with van der Waals surface area (Å²) >= 11 is 0. The molecule has 0 amide bonds. The van der Waals surface area contributed by atoms with Crippen LogP contribution in [0, 0.1) is 0 Å². The van der Waals surface area contributed by atoms with Crippen LogP contribution < -0.4 is 5.73 Å². The van der Waals surface area contributed by atoms with Crippen molar-refractivity contribution < 1.29 is 10.2 Å². The van der Waals surface area contributed by atoms with Crippen molar-refractivity contribution in [3.8, 4) is 0 Å². The molecule has 0 aliphatic rings. The molecule has 0 radical (unpaired) electrons. The first-order chi connectivity index (χ1) is 7.72. The van der Waals surface area contributed by atoms with Gasteiger partial charge in [-0.1, -0.05) is 36.4 Å². The monoisotopic (exact) mass is 217 g/mol. The van der Waals surface area contributed by atoms with E-state index in [0.717, 1.165) is 16.3 Å². The van der Waals surface area contributed by atoms with Crippen molar-refractivity contribution in [2.45, 2.75) is 12.1 Å². The second kappa shape index (κ2) is 4.61. The Morgan fingerprint density at radius 1 is 1.06 bits per heavy atom. The highest BCUT2D eigenvalue weighted by Crippen LogP contribution is 2.21. The zero-order valence-electron chi connectivity index (χ0n) is 8.88. The molecule has 0 spiro atoms. The third-order valence-electron chi connectivity index (χ3n) is 2.73. The van der Waals surface area contributed by atoms with Crippen LogP contribution in [-0.2, 0) is 0 Å². The van der Waals surface area contributed by atoms with Crippen LogP contribution >= 0.6 is 0 Å². The van der Waals surface area contributed by atoms with Crippen molar-refractivity contribution in [1.82, 2.24) is 0 Å². The average Bonchev–Trinajstić information content (AvgIpc) is 2.36. The third-order valence-corrected chi connectivity index (χ3v) is 2.73. The molecule has 16 heavy (non-hydrogen) atoms. The van der Waals surface area contributed by atoms with Gasteiger partial charge < -0.3 is 15.9 Å². The summed E-state index contributed by atoms with van der Waals surface area (Å²) in [6.07, 6.45) is -0.824. The van der Waals surface area contributed by atoms with Crippen molar-refractivity contribution >= 4 is 10.8 Å². The van der Waals surface area contributed by atoms with Gasteiger partial charge in [-0.3, -0.25) is 0 Å². The zero-order chi connectivity index (χ0) is 11.5. The Balaban J connectivity index is 2.39. The number of hydrogen-bond acceptors (Lipinski definition) is 3. The Kier molecular flexibility index (Phi) is 3.19. The van der Waals surface area contributed by atoms with Gasteiger partial charge in [0.1, 0.15) is 0 Å². The lowest BCUT2D eigenvalue weighted by atomic mass is 10.00. The number of aliphatic hydroxyl groups is 2. The molecule has 2 aromatic carbocycles. The van der Waals surface area contributed by atoms with Crippen molar-refractivity contribution in [1.29, 1.82) is 0 Å². The van der Waals surface area contributed by atoms with Gasteiger partial charge in [-0.15, -0.1) is 0 Å². The second-order valence-electron chi connectivity index (χ2n) is 3.90. The smallest absolute Gasteiger partial charge is 0.0963 e. The molecule has 2 rings (SSSR count). The predicted molar refractivity (Wildman–Crippen MR) is 64.0 cm³/mol. The quantitative estimate of drug-likeness (QED) is 0.723. The fraction of sp³-hybridized carbons (Fsp3) is 0.231. The zero-order valence-corrected chi connectivity index (χ0v) is 8.88. The van der Waals surface area contributed by atoms with Gasteiger partial charge in [-0.25, -0.2) is 0 Å². The minimum Gasteiger partial charge on any atom is -0.395 e. The Hall–Kier alpha value is -1.42. The van der Waals surface area contributed by atoms with E-state index in [9.17, 15) is 5.11 Å². The topological polar surface area (TPSA) is 66.5 Å². The standard InChI is InChI=1S/C13H15NO2/c14-12(8-15)13(16)11-6-5-9-3-1-2-4-10(9)7-11/h1-7,12-13,15-16H,8,14H2. The molecule has 3 nitrogen and oxygen atoms in total. The SMILES string of the molecule is NC(CO)C(O)c1ccc2ccccc2c1. The maximum atomic E-state index is 9.86. The van der Waals surface area contributed by atoms with E-state index in [2.05, 4.69) is 0 Å². The fourth-order valence-electron chi connectivity index (χ4n) is 1.74. The maximum Gasteiger partial charge on any atom is 0.0963 e. The van der Waals surface area contributed by atoms with Gasteiger partial charge in [-0.05, 0) is 22.4 Å². The molecule has 3 heteroatoms. The molecule has 2 atom stereocenters. The van der Waals surface area contributed by atoms with Gasteiger partial charge in [0.2, 0.25) is 0 Å². The minimum absolute atomic E-state index is 0.228. The van der Waals surface area contributed by atoms with Gasteiger partial charge in [-0.2, -0.15) is 0 Å². The number of nitrogens with two attached hydrogens (primary N) is 1. The Morgan fingerprint density at radius 3 is 2.44 bits per heavy atom. The van der Waals surface area contributed by atoms with Crippen molar-refractivity contribution in [2.24, 2.45) is 5.73 Å². The highest BCUT2D eigenvalue weighted by atomic mass is 16.3. The second-order valence-corrected chi connectivity index (χ2v) is 3.90. The molecule has 0 bridgehead atoms. The lowest BCUT2D eigenvalue weighted by Crippen LogP contribution is -2.31. The molecule has 0 aliphatic carbocycles. The van der Waals surface area contributed by atoms with E-state index in [1.807, 2.05) is 42.5 Å². The van der Waals surface area contributed by atoms with Gasteiger partial charge in [0.15, 0.2) is 0 Å². The van der Waals surface area contributed by atoms with E-state index >= 15 is 0 Å². The maximum absolute atomic E-state index is 9.86. The molecule has 0 aliphatic heterocycles. The molecule has 4 N–H and O–H groups in total. The van der Waals surface area contributed by atoms with E-state index in [0.29, 0.717) is 0 Å². The highest BCUT2D eigenvalue weighted by Gasteiger charge is 2.15. The van der Waals surface area contributed by atoms with Gasteiger partial charge in [0.05, 0.1) is 18.8 Å². The lowest BCUT2D eigenvalue weighted by Gasteiger charge is -2.17. The summed E-state index contributed by atoms with van der Waals surface area (Å²) in [7, 11) is 0. The van der Waals surface area contributed by atoms with Crippen LogP contribution in [0.25, 0.3) is 10.8 Å². The summed E-state index contributed by atoms with van der Waals surface area (Å²) in [5.74, 6) is 0. The molecule has 0 aromatic heterocycles. The van der Waals surface area contributed by atoms with Crippen molar-refractivity contribution in [2.75, 3.05) is 6.61 Å². The van der Waals surface area contributed by atoms with Crippen LogP contribution in [0.5, 0.6) is 0 Å². The normalized spacial score (nSPS) is 14.9. The average molecular weight is 217 g/mol. The number of aliphatic hydroxyl groups excluding tert-OH is 2. The number of hydrogen-bond donors (Lipinski definition) is 3. The van der Waals surface area contributed by atoms with E-state index in [4.69, 9.17) is 10.8 Å². The van der Waals surface area contributed by atoms with Crippen molar-refractivity contribution in [3.63, 3.8) is 0 Å². The van der Waals surface area contributed by atoms with Crippen molar-refractivity contribution in [3.05, 3.63) is 48.0 Å². The van der Waals surface area contributed by atoms with Crippen LogP contribution in [-0.4, -0.2) is 22.9 Å². The third kappa shape index (κ3) is 2.07. The van der Waals surface area contributed by atoms with Gasteiger partial charge >= 0.3 is 0 Å². The first-order valence-corrected chi connectivity index (χ1v) is 5.25. The first kappa shape index (κ1) is 11.1. The van der Waals surface area contributed by atoms with Crippen LogP contribution in [0.15, 0.2) is 42.5 Å². The molecule has 84 valence electrons. The van der Waals surface area contributed by atoms with Crippen LogP contribution in [0.4, 0.5) is 0 Å². The Labute approximate surface area is 94.1 Å². The molecule has 0 fully saturated rings. The summed E-state index contributed by atoms with van der Waals surface area (Å²) in [6.45, 7) is -0.228. The summed E-state index contributed by atoms with van der Waals surface area (Å²) in [4.78, 5) is 0. The summed E-state index contributed by atoms with van der Waals surface area (Å²) < 4.78 is 0. The van der Waals surface area contributed by atoms with E-state index in [1.54, 1.807) is 0 Å². The Bertz CT molecular complexity index is 484. The highest BCUT2D eigenvalue weighted by molar-refractivity contribution is 5.83. The molecule has 0 saturated heterocycles. The van der Waals surface area contributed by atoms with E-state index < -0.39 is 12.1 Å². The van der Waals surface area contributed by atoms with Crippen LogP contribution in [0.2, 0.25) is 0 Å². The molecule has 0 heterocycles. The first-order valence-electron chi connectivity index (χ1n) is 5.25. The molecule has 2 unspecified atom stereocenters. The van der Waals surface area contributed by atoms with Crippen LogP contribution in [0.3, 0.4) is 0 Å². The van der Waals surface area contributed by atoms with Crippen LogP contribution in [0.1, 0.15) is 11.7 Å². The van der Waals surface area contributed by atoms with Gasteiger partial charge in [0, 0.05) is 0 Å².